The summed E-state index contributed by atoms with van der Waals surface area (Å²) in [6.07, 6.45) is 9.95. The fourth-order valence-corrected chi connectivity index (χ4v) is 5.51. The number of aromatic nitrogens is 5. The van der Waals surface area contributed by atoms with E-state index >= 15 is 0 Å². The van der Waals surface area contributed by atoms with Gasteiger partial charge >= 0.3 is 0 Å². The Bertz CT molecular complexity index is 1740. The third kappa shape index (κ3) is 4.11. The Morgan fingerprint density at radius 2 is 1.64 bits per heavy atom. The number of fused-ring (bicyclic) bond motifs is 1. The molecule has 0 spiro atoms. The fraction of sp³-hybridized carbons (Fsp3) is 0.160. The van der Waals surface area contributed by atoms with Crippen LogP contribution in [-0.4, -0.2) is 38.0 Å². The lowest BCUT2D eigenvalue weighted by Crippen LogP contribution is -2.17. The molecule has 1 aliphatic carbocycles. The molecular formula is C25H20F2N6O2S. The predicted molar refractivity (Wildman–Crippen MR) is 132 cm³/mol. The van der Waals surface area contributed by atoms with E-state index in [2.05, 4.69) is 19.9 Å². The highest BCUT2D eigenvalue weighted by molar-refractivity contribution is 7.93. The van der Waals surface area contributed by atoms with Crippen LogP contribution < -0.4 is 4.72 Å². The van der Waals surface area contributed by atoms with Crippen molar-refractivity contribution in [2.45, 2.75) is 18.1 Å². The van der Waals surface area contributed by atoms with E-state index in [1.165, 1.54) is 6.07 Å². The molecular weight excluding hydrogens is 486 g/mol. The van der Waals surface area contributed by atoms with E-state index in [1.807, 2.05) is 19.4 Å². The maximum Gasteiger partial charge on any atom is 0.235 e. The van der Waals surface area contributed by atoms with E-state index in [1.54, 1.807) is 46.0 Å². The molecule has 1 saturated carbocycles. The minimum atomic E-state index is -3.57. The van der Waals surface area contributed by atoms with Gasteiger partial charge in [0, 0.05) is 59.6 Å². The Kier molecular flexibility index (Phi) is 5.11. The van der Waals surface area contributed by atoms with E-state index in [0.717, 1.165) is 23.3 Å². The van der Waals surface area contributed by atoms with Crippen molar-refractivity contribution in [1.82, 2.24) is 24.4 Å². The van der Waals surface area contributed by atoms with Gasteiger partial charge in [0.1, 0.15) is 11.6 Å². The molecule has 6 rings (SSSR count). The zero-order chi connectivity index (χ0) is 25.0. The molecule has 1 aliphatic rings. The first kappa shape index (κ1) is 22.4. The first-order chi connectivity index (χ1) is 17.3. The van der Waals surface area contributed by atoms with E-state index < -0.39 is 26.9 Å². The first-order valence-electron chi connectivity index (χ1n) is 11.2. The number of anilines is 1. The molecule has 0 unspecified atom stereocenters. The van der Waals surface area contributed by atoms with Crippen LogP contribution in [0.4, 0.5) is 14.5 Å². The minimum absolute atomic E-state index is 0.147. The zero-order valence-corrected chi connectivity index (χ0v) is 19.9. The summed E-state index contributed by atoms with van der Waals surface area (Å²) in [5, 5.41) is 8.17. The summed E-state index contributed by atoms with van der Waals surface area (Å²) in [7, 11) is -1.74. The number of nitrogens with zero attached hydrogens (tertiary/aromatic N) is 5. The third-order valence-corrected chi connectivity index (χ3v) is 7.97. The summed E-state index contributed by atoms with van der Waals surface area (Å²) < 4.78 is 59.4. The fourth-order valence-electron chi connectivity index (χ4n) is 4.14. The summed E-state index contributed by atoms with van der Waals surface area (Å²) in [6.45, 7) is 0. The van der Waals surface area contributed by atoms with Gasteiger partial charge in [0.2, 0.25) is 10.0 Å². The summed E-state index contributed by atoms with van der Waals surface area (Å²) in [5.41, 5.74) is 4.28. The van der Waals surface area contributed by atoms with Crippen LogP contribution in [0.15, 0.2) is 67.4 Å². The van der Waals surface area contributed by atoms with Crippen LogP contribution in [0.1, 0.15) is 12.8 Å². The Morgan fingerprint density at radius 3 is 2.33 bits per heavy atom. The van der Waals surface area contributed by atoms with Crippen molar-refractivity contribution in [3.8, 4) is 33.4 Å². The van der Waals surface area contributed by atoms with Gasteiger partial charge in [-0.2, -0.15) is 10.2 Å². The van der Waals surface area contributed by atoms with Crippen LogP contribution in [0.5, 0.6) is 0 Å². The second-order valence-corrected chi connectivity index (χ2v) is 10.8. The second-order valence-electron chi connectivity index (χ2n) is 8.84. The molecule has 2 aromatic carbocycles. The van der Waals surface area contributed by atoms with Crippen molar-refractivity contribution in [2.24, 2.45) is 7.05 Å². The second kappa shape index (κ2) is 8.23. The van der Waals surface area contributed by atoms with Crippen molar-refractivity contribution in [3.63, 3.8) is 0 Å². The van der Waals surface area contributed by atoms with Gasteiger partial charge in [-0.05, 0) is 54.3 Å². The SMILES string of the molecule is Cn1cc(-c2cnc3c(-c4cc(NS(=O)(=O)C5CC5)cc(-c5ccc(F)cc5F)c4)cnn3c2)cn1. The molecule has 1 fully saturated rings. The largest absolute Gasteiger partial charge is 0.283 e. The van der Waals surface area contributed by atoms with E-state index in [4.69, 9.17) is 0 Å². The third-order valence-electron chi connectivity index (χ3n) is 6.10. The van der Waals surface area contributed by atoms with E-state index in [9.17, 15) is 17.2 Å². The Balaban J connectivity index is 1.47. The zero-order valence-electron chi connectivity index (χ0n) is 19.1. The van der Waals surface area contributed by atoms with Crippen molar-refractivity contribution < 1.29 is 17.2 Å². The van der Waals surface area contributed by atoms with Crippen molar-refractivity contribution in [3.05, 3.63) is 79.0 Å². The van der Waals surface area contributed by atoms with Crippen LogP contribution >= 0.6 is 0 Å². The van der Waals surface area contributed by atoms with Crippen LogP contribution in [0.3, 0.4) is 0 Å². The lowest BCUT2D eigenvalue weighted by atomic mass is 9.99. The number of hydrogen-bond donors (Lipinski definition) is 1. The number of halogens is 2. The highest BCUT2D eigenvalue weighted by atomic mass is 32.2. The smallest absolute Gasteiger partial charge is 0.235 e. The molecule has 36 heavy (non-hydrogen) atoms. The van der Waals surface area contributed by atoms with E-state index in [0.29, 0.717) is 35.2 Å². The lowest BCUT2D eigenvalue weighted by molar-refractivity contribution is 0.585. The molecule has 0 aliphatic heterocycles. The summed E-state index contributed by atoms with van der Waals surface area (Å²) in [5.74, 6) is -1.44. The van der Waals surface area contributed by atoms with Gasteiger partial charge in [-0.3, -0.25) is 9.40 Å². The van der Waals surface area contributed by atoms with Gasteiger partial charge in [0.25, 0.3) is 0 Å². The normalized spacial score (nSPS) is 13.9. The molecule has 0 bridgehead atoms. The number of rotatable bonds is 6. The average Bonchev–Trinajstić information content (AvgIpc) is 3.49. The molecule has 3 aromatic heterocycles. The van der Waals surface area contributed by atoms with Crippen molar-refractivity contribution in [2.75, 3.05) is 4.72 Å². The van der Waals surface area contributed by atoms with Gasteiger partial charge in [-0.15, -0.1) is 0 Å². The maximum atomic E-state index is 14.7. The standard InChI is InChI=1S/C25H20F2N6O2S/c1-32-13-18(11-29-32)17-10-28-25-23(12-30-33(25)14-17)16-6-15(22-5-2-19(26)9-24(22)27)7-20(8-16)31-36(34,35)21-3-4-21/h2,5-14,21,31H,3-4H2,1H3. The molecule has 5 aromatic rings. The topological polar surface area (TPSA) is 94.2 Å². The summed E-state index contributed by atoms with van der Waals surface area (Å²) in [4.78, 5) is 4.58. The summed E-state index contributed by atoms with van der Waals surface area (Å²) >= 11 is 0. The van der Waals surface area contributed by atoms with Gasteiger partial charge in [-0.25, -0.2) is 26.7 Å². The Labute approximate surface area is 205 Å². The van der Waals surface area contributed by atoms with Gasteiger partial charge in [0.05, 0.1) is 17.6 Å². The number of hydrogen-bond acceptors (Lipinski definition) is 5. The molecule has 182 valence electrons. The molecule has 8 nitrogen and oxygen atoms in total. The Hall–Kier alpha value is -4.12. The monoisotopic (exact) mass is 506 g/mol. The highest BCUT2D eigenvalue weighted by Crippen LogP contribution is 2.36. The van der Waals surface area contributed by atoms with Crippen LogP contribution in [0, 0.1) is 11.6 Å². The van der Waals surface area contributed by atoms with Crippen LogP contribution in [0.25, 0.3) is 39.0 Å². The van der Waals surface area contributed by atoms with Crippen LogP contribution in [0.2, 0.25) is 0 Å². The first-order valence-corrected chi connectivity index (χ1v) is 12.8. The van der Waals surface area contributed by atoms with Gasteiger partial charge in [-0.1, -0.05) is 0 Å². The molecule has 0 atom stereocenters. The van der Waals surface area contributed by atoms with Crippen LogP contribution in [-0.2, 0) is 17.1 Å². The number of nitrogens with one attached hydrogen (secondary N) is 1. The molecule has 1 N–H and O–H groups in total. The predicted octanol–water partition coefficient (Wildman–Crippen LogP) is 4.65. The molecule has 0 radical (unpaired) electrons. The quantitative estimate of drug-likeness (QED) is 0.362. The van der Waals surface area contributed by atoms with Gasteiger partial charge < -0.3 is 0 Å². The minimum Gasteiger partial charge on any atom is -0.283 e. The summed E-state index contributed by atoms with van der Waals surface area (Å²) in [6, 6.07) is 8.21. The lowest BCUT2D eigenvalue weighted by Gasteiger charge is -2.13. The highest BCUT2D eigenvalue weighted by Gasteiger charge is 2.35. The molecule has 3 heterocycles. The molecule has 0 amide bonds. The van der Waals surface area contributed by atoms with Gasteiger partial charge in [0.15, 0.2) is 5.65 Å². The number of aryl methyl sites for hydroxylation is 1. The maximum absolute atomic E-state index is 14.7. The molecule has 11 heteroatoms. The Morgan fingerprint density at radius 1 is 0.889 bits per heavy atom. The van der Waals surface area contributed by atoms with Crippen molar-refractivity contribution >= 4 is 21.4 Å². The number of benzene rings is 2. The average molecular weight is 507 g/mol. The molecule has 0 saturated heterocycles. The number of sulfonamides is 1. The van der Waals surface area contributed by atoms with E-state index in [-0.39, 0.29) is 11.3 Å². The van der Waals surface area contributed by atoms with Crippen molar-refractivity contribution in [1.29, 1.82) is 0 Å².